The zero-order valence-corrected chi connectivity index (χ0v) is 18.5. The van der Waals surface area contributed by atoms with Crippen molar-refractivity contribution in [3.63, 3.8) is 0 Å². The predicted molar refractivity (Wildman–Crippen MR) is 126 cm³/mol. The lowest BCUT2D eigenvalue weighted by molar-refractivity contribution is -0.121. The van der Waals surface area contributed by atoms with Gasteiger partial charge in [0, 0.05) is 30.5 Å². The molecule has 0 spiro atoms. The lowest BCUT2D eigenvalue weighted by atomic mass is 10.2. The van der Waals surface area contributed by atoms with Crippen LogP contribution in [0.15, 0.2) is 58.6 Å². The second kappa shape index (κ2) is 10.5. The molecule has 2 heterocycles. The van der Waals surface area contributed by atoms with Crippen LogP contribution in [0.1, 0.15) is 19.4 Å². The fourth-order valence-corrected chi connectivity index (χ4v) is 3.32. The van der Waals surface area contributed by atoms with Gasteiger partial charge in [-0.25, -0.2) is 9.98 Å². The average molecular weight is 454 g/mol. The Morgan fingerprint density at radius 1 is 1.28 bits per heavy atom. The number of anilines is 1. The summed E-state index contributed by atoms with van der Waals surface area (Å²) in [5, 5.41) is 5.91. The molecule has 0 unspecified atom stereocenters. The molecule has 0 atom stereocenters. The Labute approximate surface area is 190 Å². The van der Waals surface area contributed by atoms with E-state index < -0.39 is 5.56 Å². The average Bonchev–Trinajstić information content (AvgIpc) is 2.77. The molecule has 4 N–H and O–H groups in total. The summed E-state index contributed by atoms with van der Waals surface area (Å²) in [5.74, 6) is -0.263. The molecule has 10 heteroatoms. The molecule has 0 saturated carbocycles. The predicted octanol–water partition coefficient (Wildman–Crippen LogP) is 2.71. The van der Waals surface area contributed by atoms with Gasteiger partial charge in [0.1, 0.15) is 6.54 Å². The normalized spacial score (nSPS) is 11.1. The molecule has 3 aromatic rings. The van der Waals surface area contributed by atoms with Crippen LogP contribution >= 0.6 is 11.6 Å². The fraction of sp³-hybridized carbons (Fsp3) is 0.227. The zero-order valence-electron chi connectivity index (χ0n) is 17.7. The fourth-order valence-electron chi connectivity index (χ4n) is 3.02. The van der Waals surface area contributed by atoms with Gasteiger partial charge in [0.05, 0.1) is 17.7 Å². The Kier molecular flexibility index (Phi) is 7.56. The van der Waals surface area contributed by atoms with Crippen molar-refractivity contribution in [1.29, 1.82) is 0 Å². The van der Waals surface area contributed by atoms with Gasteiger partial charge in [-0.2, -0.15) is 0 Å². The van der Waals surface area contributed by atoms with E-state index in [9.17, 15) is 9.59 Å². The van der Waals surface area contributed by atoms with Crippen LogP contribution in [0.2, 0.25) is 5.15 Å². The van der Waals surface area contributed by atoms with E-state index in [2.05, 4.69) is 25.6 Å². The molecule has 0 radical (unpaired) electrons. The van der Waals surface area contributed by atoms with Crippen molar-refractivity contribution in [2.75, 3.05) is 5.32 Å². The first kappa shape index (κ1) is 23.0. The van der Waals surface area contributed by atoms with Crippen LogP contribution in [-0.4, -0.2) is 32.8 Å². The first-order valence-electron chi connectivity index (χ1n) is 9.96. The van der Waals surface area contributed by atoms with E-state index in [0.29, 0.717) is 23.5 Å². The molecule has 32 heavy (non-hydrogen) atoms. The highest BCUT2D eigenvalue weighted by Gasteiger charge is 2.19. The number of nitrogens with two attached hydrogens (primary N) is 1. The van der Waals surface area contributed by atoms with Gasteiger partial charge >= 0.3 is 0 Å². The van der Waals surface area contributed by atoms with Gasteiger partial charge in [-0.1, -0.05) is 23.7 Å². The van der Waals surface area contributed by atoms with E-state index in [1.807, 2.05) is 26.0 Å². The Hall–Kier alpha value is -3.72. The molecule has 1 amide bonds. The minimum Gasteiger partial charge on any atom is -0.390 e. The van der Waals surface area contributed by atoms with Gasteiger partial charge in [-0.05, 0) is 43.7 Å². The molecule has 166 valence electrons. The molecule has 9 nitrogen and oxygen atoms in total. The zero-order chi connectivity index (χ0) is 23.1. The highest BCUT2D eigenvalue weighted by molar-refractivity contribution is 6.32. The minimum absolute atomic E-state index is 0.0376. The van der Waals surface area contributed by atoms with Crippen LogP contribution in [0, 0.1) is 0 Å². The first-order chi connectivity index (χ1) is 15.4. The lowest BCUT2D eigenvalue weighted by Gasteiger charge is -2.17. The molecule has 0 saturated heterocycles. The molecular weight excluding hydrogens is 430 g/mol. The van der Waals surface area contributed by atoms with Crippen molar-refractivity contribution < 1.29 is 4.79 Å². The smallest absolute Gasteiger partial charge is 0.294 e. The van der Waals surface area contributed by atoms with E-state index >= 15 is 0 Å². The van der Waals surface area contributed by atoms with E-state index in [0.717, 1.165) is 5.56 Å². The van der Waals surface area contributed by atoms with Crippen LogP contribution in [-0.2, 0) is 17.9 Å². The minimum atomic E-state index is -0.443. The highest BCUT2D eigenvalue weighted by Crippen LogP contribution is 2.25. The number of carbonyl (C=O) groups is 1. The third-order valence-corrected chi connectivity index (χ3v) is 4.70. The number of hydrogen-bond acceptors (Lipinski definition) is 6. The van der Waals surface area contributed by atoms with E-state index in [1.165, 1.54) is 10.9 Å². The van der Waals surface area contributed by atoms with Gasteiger partial charge < -0.3 is 16.4 Å². The number of amides is 1. The standard InChI is InChI=1S/C22H24ClN7O2/c1-14(2)28-21-22(32)30(19(20(23)29-21)16-4-3-9-25-11-16)12-18(31)26-10-15-5-7-17(8-6-15)27-13-24/h3-9,11,13-14H,10,12H2,1-2H3,(H2,24,27)(H,26,31)(H,28,29). The third kappa shape index (κ3) is 5.70. The molecule has 0 fully saturated rings. The van der Waals surface area contributed by atoms with Crippen molar-refractivity contribution in [2.24, 2.45) is 10.7 Å². The molecular formula is C22H24ClN7O2. The Morgan fingerprint density at radius 3 is 2.66 bits per heavy atom. The maximum absolute atomic E-state index is 13.1. The number of carbonyl (C=O) groups excluding carboxylic acids is 1. The van der Waals surface area contributed by atoms with E-state index in [1.54, 1.807) is 36.7 Å². The van der Waals surface area contributed by atoms with Crippen LogP contribution < -0.4 is 21.9 Å². The summed E-state index contributed by atoms with van der Waals surface area (Å²) in [7, 11) is 0. The molecule has 1 aromatic carbocycles. The molecule has 0 aliphatic carbocycles. The summed E-state index contributed by atoms with van der Waals surface area (Å²) in [6.07, 6.45) is 4.40. The Balaban J connectivity index is 1.86. The quantitative estimate of drug-likeness (QED) is 0.355. The van der Waals surface area contributed by atoms with Crippen molar-refractivity contribution in [3.8, 4) is 11.3 Å². The molecule has 2 aromatic heterocycles. The van der Waals surface area contributed by atoms with Crippen LogP contribution in [0.5, 0.6) is 0 Å². The van der Waals surface area contributed by atoms with Gasteiger partial charge in [-0.3, -0.25) is 19.1 Å². The molecule has 0 bridgehead atoms. The number of nitrogens with one attached hydrogen (secondary N) is 2. The Bertz CT molecular complexity index is 1160. The summed E-state index contributed by atoms with van der Waals surface area (Å²) < 4.78 is 1.31. The van der Waals surface area contributed by atoms with Crippen molar-refractivity contribution in [3.05, 3.63) is 69.9 Å². The van der Waals surface area contributed by atoms with Gasteiger partial charge in [0.15, 0.2) is 11.0 Å². The maximum atomic E-state index is 13.1. The molecule has 3 rings (SSSR count). The summed E-state index contributed by atoms with van der Waals surface area (Å²) in [6, 6.07) is 10.7. The number of halogens is 1. The Morgan fingerprint density at radius 2 is 2.03 bits per heavy atom. The van der Waals surface area contributed by atoms with Gasteiger partial charge in [-0.15, -0.1) is 0 Å². The summed E-state index contributed by atoms with van der Waals surface area (Å²) >= 11 is 6.43. The van der Waals surface area contributed by atoms with Gasteiger partial charge in [0.2, 0.25) is 5.91 Å². The van der Waals surface area contributed by atoms with E-state index in [4.69, 9.17) is 17.3 Å². The number of nitrogens with zero attached hydrogens (tertiary/aromatic N) is 4. The van der Waals surface area contributed by atoms with E-state index in [-0.39, 0.29) is 29.5 Å². The van der Waals surface area contributed by atoms with Gasteiger partial charge in [0.25, 0.3) is 5.56 Å². The third-order valence-electron chi connectivity index (χ3n) is 4.43. The molecule has 0 aliphatic heterocycles. The number of aromatic nitrogens is 3. The monoisotopic (exact) mass is 453 g/mol. The SMILES string of the molecule is CC(C)Nc1nc(Cl)c(-c2cccnc2)n(CC(=O)NCc2ccc(N=CN)cc2)c1=O. The van der Waals surface area contributed by atoms with Crippen LogP contribution in [0.25, 0.3) is 11.3 Å². The summed E-state index contributed by atoms with van der Waals surface area (Å²) in [5.41, 5.74) is 7.35. The second-order valence-electron chi connectivity index (χ2n) is 7.25. The number of hydrogen-bond donors (Lipinski definition) is 3. The number of pyridine rings is 1. The topological polar surface area (TPSA) is 127 Å². The maximum Gasteiger partial charge on any atom is 0.294 e. The largest absolute Gasteiger partial charge is 0.390 e. The van der Waals surface area contributed by atoms with Crippen molar-refractivity contribution in [1.82, 2.24) is 19.9 Å². The number of aliphatic imine (C=N–C) groups is 1. The second-order valence-corrected chi connectivity index (χ2v) is 7.61. The van der Waals surface area contributed by atoms with Crippen molar-refractivity contribution >= 4 is 35.4 Å². The lowest BCUT2D eigenvalue weighted by Crippen LogP contribution is -2.35. The summed E-state index contributed by atoms with van der Waals surface area (Å²) in [6.45, 7) is 3.82. The first-order valence-corrected chi connectivity index (χ1v) is 10.3. The van der Waals surface area contributed by atoms with Crippen LogP contribution in [0.3, 0.4) is 0 Å². The highest BCUT2D eigenvalue weighted by atomic mass is 35.5. The van der Waals surface area contributed by atoms with Crippen molar-refractivity contribution in [2.45, 2.75) is 33.0 Å². The van der Waals surface area contributed by atoms with Crippen LogP contribution in [0.4, 0.5) is 11.5 Å². The number of rotatable bonds is 8. The summed E-state index contributed by atoms with van der Waals surface area (Å²) in [4.78, 5) is 38.1. The molecule has 0 aliphatic rings. The number of benzene rings is 1.